The van der Waals surface area contributed by atoms with Crippen molar-refractivity contribution in [2.45, 2.75) is 26.1 Å². The van der Waals surface area contributed by atoms with Crippen LogP contribution in [0.25, 0.3) is 0 Å². The van der Waals surface area contributed by atoms with E-state index in [9.17, 15) is 13.2 Å². The van der Waals surface area contributed by atoms with Gasteiger partial charge in [-0.05, 0) is 6.92 Å². The maximum absolute atomic E-state index is 12.2. The molecule has 0 aromatic heterocycles. The predicted octanol–water partition coefficient (Wildman–Crippen LogP) is 1.97. The smallest absolute Gasteiger partial charge is 0.296 e. The molecule has 0 rings (SSSR count). The fraction of sp³-hybridized carbons (Fsp3) is 1.00. The lowest BCUT2D eigenvalue weighted by Gasteiger charge is -2.18. The first-order valence-corrected chi connectivity index (χ1v) is 2.61. The van der Waals surface area contributed by atoms with Crippen LogP contribution >= 0.6 is 0 Å². The Kier molecular flexibility index (Phi) is 2.97. The van der Waals surface area contributed by atoms with Gasteiger partial charge in [0.1, 0.15) is 0 Å². The fourth-order valence-corrected chi connectivity index (χ4v) is 0.345. The Hall–Kier alpha value is -0.250. The number of alkyl halides is 3. The first kappa shape index (κ1) is 8.75. The summed E-state index contributed by atoms with van der Waals surface area (Å²) < 4.78 is 39.3. The van der Waals surface area contributed by atoms with Crippen LogP contribution in [0, 0.1) is 0 Å². The van der Waals surface area contributed by atoms with E-state index in [2.05, 4.69) is 4.74 Å². The molecular weight excluding hydrogens is 133 g/mol. The van der Waals surface area contributed by atoms with Crippen molar-refractivity contribution < 1.29 is 17.9 Å². The van der Waals surface area contributed by atoms with Crippen LogP contribution in [0.1, 0.15) is 13.8 Å². The molecule has 0 heterocycles. The van der Waals surface area contributed by atoms with Gasteiger partial charge >= 0.3 is 0 Å². The second-order valence-corrected chi connectivity index (χ2v) is 1.72. The van der Waals surface area contributed by atoms with Gasteiger partial charge in [-0.1, -0.05) is 0 Å². The molecule has 0 aliphatic rings. The molecule has 0 radical (unpaired) electrons. The third-order valence-corrected chi connectivity index (χ3v) is 0.816. The van der Waals surface area contributed by atoms with Crippen LogP contribution in [0.3, 0.4) is 0 Å². The van der Waals surface area contributed by atoms with Crippen LogP contribution in [0.2, 0.25) is 0 Å². The Balaban J connectivity index is 3.70. The van der Waals surface area contributed by atoms with Gasteiger partial charge in [0.2, 0.25) is 0 Å². The molecule has 4 heteroatoms. The van der Waals surface area contributed by atoms with Crippen LogP contribution in [-0.4, -0.2) is 18.9 Å². The molecule has 1 nitrogen and oxygen atoms in total. The SMILES string of the molecule is CCOC(C)(F)C(F)F. The highest BCUT2D eigenvalue weighted by atomic mass is 19.3. The predicted molar refractivity (Wildman–Crippen MR) is 27.1 cm³/mol. The van der Waals surface area contributed by atoms with E-state index >= 15 is 0 Å². The number of halogens is 3. The standard InChI is InChI=1S/C5H9F3O/c1-3-9-5(2,8)4(6)7/h4H,3H2,1-2H3. The molecule has 9 heavy (non-hydrogen) atoms. The zero-order valence-electron chi connectivity index (χ0n) is 5.33. The lowest BCUT2D eigenvalue weighted by atomic mass is 10.4. The van der Waals surface area contributed by atoms with E-state index in [1.807, 2.05) is 0 Å². The zero-order chi connectivity index (χ0) is 7.49. The van der Waals surface area contributed by atoms with Gasteiger partial charge in [-0.2, -0.15) is 0 Å². The molecule has 56 valence electrons. The van der Waals surface area contributed by atoms with E-state index in [0.717, 1.165) is 0 Å². The van der Waals surface area contributed by atoms with Gasteiger partial charge in [0.15, 0.2) is 0 Å². The molecule has 0 aromatic carbocycles. The molecule has 0 fully saturated rings. The molecule has 0 aliphatic carbocycles. The first-order valence-electron chi connectivity index (χ1n) is 2.61. The summed E-state index contributed by atoms with van der Waals surface area (Å²) in [6.45, 7) is 2.12. The van der Waals surface area contributed by atoms with Gasteiger partial charge in [-0.15, -0.1) is 0 Å². The van der Waals surface area contributed by atoms with E-state index in [1.54, 1.807) is 0 Å². The highest BCUT2D eigenvalue weighted by Crippen LogP contribution is 2.20. The van der Waals surface area contributed by atoms with Crippen LogP contribution in [0.15, 0.2) is 0 Å². The lowest BCUT2D eigenvalue weighted by Crippen LogP contribution is -2.31. The van der Waals surface area contributed by atoms with E-state index in [4.69, 9.17) is 0 Å². The van der Waals surface area contributed by atoms with E-state index in [-0.39, 0.29) is 6.61 Å². The molecule has 0 saturated carbocycles. The Labute approximate surface area is 51.8 Å². The van der Waals surface area contributed by atoms with Crippen LogP contribution < -0.4 is 0 Å². The summed E-state index contributed by atoms with van der Waals surface area (Å²) in [5, 5.41) is 0. The van der Waals surface area contributed by atoms with Gasteiger partial charge in [-0.25, -0.2) is 13.2 Å². The van der Waals surface area contributed by atoms with E-state index in [0.29, 0.717) is 6.92 Å². The van der Waals surface area contributed by atoms with Crippen molar-refractivity contribution in [2.75, 3.05) is 6.61 Å². The molecule has 0 bridgehead atoms. The summed E-state index contributed by atoms with van der Waals surface area (Å²) in [6, 6.07) is 0. The van der Waals surface area contributed by atoms with Crippen molar-refractivity contribution in [3.63, 3.8) is 0 Å². The minimum Gasteiger partial charge on any atom is -0.342 e. The summed E-state index contributed by atoms with van der Waals surface area (Å²) >= 11 is 0. The molecule has 0 amide bonds. The van der Waals surface area contributed by atoms with Crippen molar-refractivity contribution in [1.82, 2.24) is 0 Å². The summed E-state index contributed by atoms with van der Waals surface area (Å²) in [6.07, 6.45) is -3.07. The summed E-state index contributed by atoms with van der Waals surface area (Å²) in [4.78, 5) is 0. The topological polar surface area (TPSA) is 9.23 Å². The van der Waals surface area contributed by atoms with Crippen molar-refractivity contribution in [2.24, 2.45) is 0 Å². The van der Waals surface area contributed by atoms with Crippen molar-refractivity contribution in [3.05, 3.63) is 0 Å². The fourth-order valence-electron chi connectivity index (χ4n) is 0.345. The van der Waals surface area contributed by atoms with Crippen molar-refractivity contribution in [1.29, 1.82) is 0 Å². The van der Waals surface area contributed by atoms with E-state index < -0.39 is 12.3 Å². The van der Waals surface area contributed by atoms with Gasteiger partial charge < -0.3 is 4.74 Å². The maximum atomic E-state index is 12.2. The second-order valence-electron chi connectivity index (χ2n) is 1.72. The molecule has 0 aliphatic heterocycles. The molecule has 1 unspecified atom stereocenters. The average molecular weight is 142 g/mol. The quantitative estimate of drug-likeness (QED) is 0.585. The van der Waals surface area contributed by atoms with Crippen LogP contribution in [0.4, 0.5) is 13.2 Å². The molecule has 0 aromatic rings. The monoisotopic (exact) mass is 142 g/mol. The summed E-state index contributed by atoms with van der Waals surface area (Å²) in [5.41, 5.74) is 0. The molecule has 0 spiro atoms. The number of ether oxygens (including phenoxy) is 1. The van der Waals surface area contributed by atoms with Gasteiger partial charge in [0, 0.05) is 13.5 Å². The first-order chi connectivity index (χ1) is 4.00. The Morgan fingerprint density at radius 3 is 2.11 bits per heavy atom. The van der Waals surface area contributed by atoms with Gasteiger partial charge in [-0.3, -0.25) is 0 Å². The third kappa shape index (κ3) is 2.70. The van der Waals surface area contributed by atoms with Crippen molar-refractivity contribution >= 4 is 0 Å². The lowest BCUT2D eigenvalue weighted by molar-refractivity contribution is -0.206. The number of hydrogen-bond acceptors (Lipinski definition) is 1. The molecule has 0 N–H and O–H groups in total. The molecular formula is C5H9F3O. The van der Waals surface area contributed by atoms with E-state index in [1.165, 1.54) is 6.92 Å². The Bertz CT molecular complexity index is 82.3. The largest absolute Gasteiger partial charge is 0.342 e. The van der Waals surface area contributed by atoms with Gasteiger partial charge in [0.25, 0.3) is 12.3 Å². The average Bonchev–Trinajstić information content (AvgIpc) is 1.65. The molecule has 1 atom stereocenters. The molecule has 0 saturated heterocycles. The summed E-state index contributed by atoms with van der Waals surface area (Å²) in [7, 11) is 0. The summed E-state index contributed by atoms with van der Waals surface area (Å²) in [5.74, 6) is -2.78. The van der Waals surface area contributed by atoms with Gasteiger partial charge in [0.05, 0.1) is 0 Å². The second kappa shape index (κ2) is 3.06. The highest BCUT2D eigenvalue weighted by Gasteiger charge is 2.35. The Morgan fingerprint density at radius 2 is 2.00 bits per heavy atom. The Morgan fingerprint density at radius 1 is 1.56 bits per heavy atom. The maximum Gasteiger partial charge on any atom is 0.296 e. The number of rotatable bonds is 3. The third-order valence-electron chi connectivity index (χ3n) is 0.816. The minimum absolute atomic E-state index is 0.0443. The van der Waals surface area contributed by atoms with Crippen molar-refractivity contribution in [3.8, 4) is 0 Å². The highest BCUT2D eigenvalue weighted by molar-refractivity contribution is 4.61. The number of hydrogen-bond donors (Lipinski definition) is 0. The van der Waals surface area contributed by atoms with Crippen LogP contribution in [0.5, 0.6) is 0 Å². The normalized spacial score (nSPS) is 18.0. The zero-order valence-corrected chi connectivity index (χ0v) is 5.33. The van der Waals surface area contributed by atoms with Crippen LogP contribution in [-0.2, 0) is 4.74 Å². The minimum atomic E-state index is -3.07.